The number of amidine groups is 1. The molecule has 0 fully saturated rings. The molecule has 3 aromatic carbocycles. The van der Waals surface area contributed by atoms with Crippen molar-refractivity contribution in [1.29, 1.82) is 0 Å². The first-order valence-corrected chi connectivity index (χ1v) is 8.85. The van der Waals surface area contributed by atoms with Gasteiger partial charge in [0.2, 0.25) is 0 Å². The van der Waals surface area contributed by atoms with Crippen molar-refractivity contribution in [2.75, 3.05) is 0 Å². The molecular weight excluding hydrogens is 328 g/mol. The fourth-order valence-corrected chi connectivity index (χ4v) is 3.53. The Kier molecular flexibility index (Phi) is 4.53. The molecule has 3 aromatic rings. The van der Waals surface area contributed by atoms with Crippen LogP contribution >= 0.6 is 11.6 Å². The summed E-state index contributed by atoms with van der Waals surface area (Å²) in [4.78, 5) is 5.00. The van der Waals surface area contributed by atoms with Crippen molar-refractivity contribution in [1.82, 2.24) is 5.32 Å². The lowest BCUT2D eigenvalue weighted by Crippen LogP contribution is -2.25. The number of benzene rings is 3. The highest BCUT2D eigenvalue weighted by Gasteiger charge is 2.30. The third-order valence-electron chi connectivity index (χ3n) is 4.49. The van der Waals surface area contributed by atoms with Gasteiger partial charge in [-0.1, -0.05) is 84.4 Å². The summed E-state index contributed by atoms with van der Waals surface area (Å²) in [6.45, 7) is 0. The number of nitrogens with zero attached hydrogens (tertiary/aromatic N) is 1. The molecule has 0 radical (unpaired) electrons. The van der Waals surface area contributed by atoms with Crippen LogP contribution in [0.2, 0.25) is 5.02 Å². The Balaban J connectivity index is 1.65. The molecule has 25 heavy (non-hydrogen) atoms. The van der Waals surface area contributed by atoms with Gasteiger partial charge in [0.1, 0.15) is 11.9 Å². The van der Waals surface area contributed by atoms with E-state index in [2.05, 4.69) is 59.9 Å². The molecule has 0 unspecified atom stereocenters. The van der Waals surface area contributed by atoms with Gasteiger partial charge in [-0.2, -0.15) is 0 Å². The SMILES string of the molecule is Clc1cccc(CC2=N[C@@H](c3ccccc3)[C@@H](c3ccccc3)N2)c1. The Morgan fingerprint density at radius 1 is 0.800 bits per heavy atom. The molecule has 0 saturated carbocycles. The van der Waals surface area contributed by atoms with Gasteiger partial charge < -0.3 is 5.32 Å². The molecule has 0 saturated heterocycles. The Morgan fingerprint density at radius 2 is 1.48 bits per heavy atom. The van der Waals surface area contributed by atoms with Crippen molar-refractivity contribution in [2.45, 2.75) is 18.5 Å². The highest BCUT2D eigenvalue weighted by atomic mass is 35.5. The summed E-state index contributed by atoms with van der Waals surface area (Å²) in [6, 6.07) is 29.2. The Labute approximate surface area is 153 Å². The molecule has 0 spiro atoms. The maximum absolute atomic E-state index is 6.12. The smallest absolute Gasteiger partial charge is 0.102 e. The quantitative estimate of drug-likeness (QED) is 0.675. The maximum Gasteiger partial charge on any atom is 0.102 e. The molecule has 124 valence electrons. The van der Waals surface area contributed by atoms with E-state index in [4.69, 9.17) is 16.6 Å². The van der Waals surface area contributed by atoms with E-state index in [1.165, 1.54) is 16.7 Å². The molecule has 0 aliphatic carbocycles. The molecule has 0 aromatic heterocycles. The van der Waals surface area contributed by atoms with Crippen molar-refractivity contribution >= 4 is 17.4 Å². The Hall–Kier alpha value is -2.58. The summed E-state index contributed by atoms with van der Waals surface area (Å²) < 4.78 is 0. The summed E-state index contributed by atoms with van der Waals surface area (Å²) >= 11 is 6.12. The number of halogens is 1. The number of hydrogen-bond donors (Lipinski definition) is 1. The van der Waals surface area contributed by atoms with Gasteiger partial charge in [-0.3, -0.25) is 4.99 Å². The normalized spacial score (nSPS) is 19.3. The van der Waals surface area contributed by atoms with Crippen LogP contribution in [0.1, 0.15) is 28.8 Å². The van der Waals surface area contributed by atoms with Crippen molar-refractivity contribution < 1.29 is 0 Å². The first-order chi connectivity index (χ1) is 12.3. The van der Waals surface area contributed by atoms with Crippen LogP contribution in [0.25, 0.3) is 0 Å². The number of nitrogens with one attached hydrogen (secondary N) is 1. The first kappa shape index (κ1) is 15.9. The van der Waals surface area contributed by atoms with Gasteiger partial charge in [0, 0.05) is 11.4 Å². The minimum atomic E-state index is 0.0813. The second-order valence-electron chi connectivity index (χ2n) is 6.27. The van der Waals surface area contributed by atoms with E-state index < -0.39 is 0 Å². The predicted octanol–water partition coefficient (Wildman–Crippen LogP) is 5.37. The van der Waals surface area contributed by atoms with E-state index in [0.717, 1.165) is 17.3 Å². The van der Waals surface area contributed by atoms with Crippen molar-refractivity contribution in [3.63, 3.8) is 0 Å². The third-order valence-corrected chi connectivity index (χ3v) is 4.73. The van der Waals surface area contributed by atoms with Crippen LogP contribution in [0.15, 0.2) is 89.9 Å². The minimum absolute atomic E-state index is 0.0813. The third kappa shape index (κ3) is 3.59. The van der Waals surface area contributed by atoms with Gasteiger partial charge in [0.05, 0.1) is 6.04 Å². The minimum Gasteiger partial charge on any atom is -0.364 e. The van der Waals surface area contributed by atoms with Crippen LogP contribution in [-0.4, -0.2) is 5.84 Å². The summed E-state index contributed by atoms with van der Waals surface area (Å²) in [5, 5.41) is 4.39. The fourth-order valence-electron chi connectivity index (χ4n) is 3.32. The summed E-state index contributed by atoms with van der Waals surface area (Å²) in [6.07, 6.45) is 0.757. The molecule has 2 nitrogen and oxygen atoms in total. The van der Waals surface area contributed by atoms with E-state index in [-0.39, 0.29) is 12.1 Å². The van der Waals surface area contributed by atoms with E-state index in [1.807, 2.05) is 30.3 Å². The topological polar surface area (TPSA) is 24.4 Å². The highest BCUT2D eigenvalue weighted by Crippen LogP contribution is 2.36. The number of rotatable bonds is 4. The van der Waals surface area contributed by atoms with Crippen LogP contribution in [-0.2, 0) is 6.42 Å². The predicted molar refractivity (Wildman–Crippen MR) is 104 cm³/mol. The van der Waals surface area contributed by atoms with Crippen LogP contribution in [0.3, 0.4) is 0 Å². The monoisotopic (exact) mass is 346 g/mol. The molecule has 4 rings (SSSR count). The van der Waals surface area contributed by atoms with Gasteiger partial charge in [0.15, 0.2) is 0 Å². The van der Waals surface area contributed by atoms with Gasteiger partial charge in [-0.15, -0.1) is 0 Å². The summed E-state index contributed by atoms with van der Waals surface area (Å²) in [7, 11) is 0. The second-order valence-corrected chi connectivity index (χ2v) is 6.71. The lowest BCUT2D eigenvalue weighted by Gasteiger charge is -2.19. The lowest BCUT2D eigenvalue weighted by atomic mass is 9.95. The number of hydrogen-bond acceptors (Lipinski definition) is 2. The summed E-state index contributed by atoms with van der Waals surface area (Å²) in [5.74, 6) is 1.00. The van der Waals surface area contributed by atoms with Crippen molar-refractivity contribution in [2.24, 2.45) is 4.99 Å². The average Bonchev–Trinajstić information content (AvgIpc) is 3.07. The number of aliphatic imine (C=N–C) groups is 1. The molecule has 1 aliphatic rings. The van der Waals surface area contributed by atoms with Crippen LogP contribution < -0.4 is 5.32 Å². The zero-order chi connectivity index (χ0) is 17.1. The van der Waals surface area contributed by atoms with Crippen molar-refractivity contribution in [3.05, 3.63) is 107 Å². The molecule has 2 atom stereocenters. The average molecular weight is 347 g/mol. The van der Waals surface area contributed by atoms with Crippen LogP contribution in [0, 0.1) is 0 Å². The summed E-state index contributed by atoms with van der Waals surface area (Å²) in [5.41, 5.74) is 3.64. The molecule has 1 heterocycles. The molecule has 3 heteroatoms. The molecule has 0 amide bonds. The zero-order valence-electron chi connectivity index (χ0n) is 13.8. The van der Waals surface area contributed by atoms with Gasteiger partial charge in [-0.05, 0) is 28.8 Å². The van der Waals surface area contributed by atoms with Gasteiger partial charge >= 0.3 is 0 Å². The largest absolute Gasteiger partial charge is 0.364 e. The van der Waals surface area contributed by atoms with E-state index >= 15 is 0 Å². The second kappa shape index (κ2) is 7.12. The highest BCUT2D eigenvalue weighted by molar-refractivity contribution is 6.30. The molecular formula is C22H19ClN2. The van der Waals surface area contributed by atoms with Crippen LogP contribution in [0.5, 0.6) is 0 Å². The maximum atomic E-state index is 6.12. The molecule has 1 aliphatic heterocycles. The standard InChI is InChI=1S/C22H19ClN2/c23-19-13-7-8-16(14-19)15-20-24-21(17-9-3-1-4-10-17)22(25-20)18-11-5-2-6-12-18/h1-14,21-22H,15H2,(H,24,25)/t21-,22+. The van der Waals surface area contributed by atoms with E-state index in [9.17, 15) is 0 Å². The zero-order valence-corrected chi connectivity index (χ0v) is 14.5. The fraction of sp³-hybridized carbons (Fsp3) is 0.136. The van der Waals surface area contributed by atoms with E-state index in [0.29, 0.717) is 0 Å². The van der Waals surface area contributed by atoms with Crippen molar-refractivity contribution in [3.8, 4) is 0 Å². The lowest BCUT2D eigenvalue weighted by molar-refractivity contribution is 0.572. The Bertz CT molecular complexity index is 875. The Morgan fingerprint density at radius 3 is 2.16 bits per heavy atom. The van der Waals surface area contributed by atoms with Gasteiger partial charge in [0.25, 0.3) is 0 Å². The molecule has 1 N–H and O–H groups in total. The van der Waals surface area contributed by atoms with Gasteiger partial charge in [-0.25, -0.2) is 0 Å². The van der Waals surface area contributed by atoms with E-state index in [1.54, 1.807) is 0 Å². The molecule has 0 bridgehead atoms. The first-order valence-electron chi connectivity index (χ1n) is 8.47. The van der Waals surface area contributed by atoms with Crippen LogP contribution in [0.4, 0.5) is 0 Å².